The van der Waals surface area contributed by atoms with Crippen molar-refractivity contribution in [3.05, 3.63) is 66.2 Å². The third-order valence-electron chi connectivity index (χ3n) is 2.30. The molecule has 18 heavy (non-hydrogen) atoms. The van der Waals surface area contributed by atoms with E-state index >= 15 is 0 Å². The zero-order chi connectivity index (χ0) is 12.6. The van der Waals surface area contributed by atoms with E-state index in [0.717, 1.165) is 11.3 Å². The van der Waals surface area contributed by atoms with Crippen molar-refractivity contribution in [3.63, 3.8) is 0 Å². The molecule has 0 fully saturated rings. The molecule has 0 aliphatic carbocycles. The van der Waals surface area contributed by atoms with E-state index in [1.165, 1.54) is 5.12 Å². The Bertz CT molecular complexity index is 511. The van der Waals surface area contributed by atoms with Gasteiger partial charge in [0.1, 0.15) is 0 Å². The van der Waals surface area contributed by atoms with Crippen LogP contribution in [0.5, 0.6) is 0 Å². The highest BCUT2D eigenvalue weighted by Gasteiger charge is 2.00. The highest BCUT2D eigenvalue weighted by atomic mass is 16.1. The van der Waals surface area contributed by atoms with Crippen LogP contribution in [0.3, 0.4) is 0 Å². The fourth-order valence-electron chi connectivity index (χ4n) is 1.46. The van der Waals surface area contributed by atoms with Gasteiger partial charge in [0, 0.05) is 0 Å². The van der Waals surface area contributed by atoms with Gasteiger partial charge in [0.25, 0.3) is 0 Å². The van der Waals surface area contributed by atoms with Crippen molar-refractivity contribution >= 4 is 18.3 Å². The number of hydrazine groups is 1. The summed E-state index contributed by atoms with van der Waals surface area (Å²) in [6.07, 6.45) is 2.28. The maximum atomic E-state index is 10.6. The van der Waals surface area contributed by atoms with E-state index in [4.69, 9.17) is 0 Å². The third kappa shape index (κ3) is 3.18. The van der Waals surface area contributed by atoms with Crippen LogP contribution in [0.25, 0.3) is 0 Å². The molecule has 0 atom stereocenters. The first-order chi connectivity index (χ1) is 8.90. The Kier molecular flexibility index (Phi) is 4.08. The molecule has 2 rings (SSSR count). The van der Waals surface area contributed by atoms with Crippen molar-refractivity contribution in [1.82, 2.24) is 5.43 Å². The van der Waals surface area contributed by atoms with Crippen LogP contribution in [0.4, 0.5) is 5.69 Å². The molecular weight excluding hydrogens is 226 g/mol. The van der Waals surface area contributed by atoms with Gasteiger partial charge in [0.2, 0.25) is 6.41 Å². The molecule has 4 nitrogen and oxygen atoms in total. The predicted molar refractivity (Wildman–Crippen MR) is 72.2 cm³/mol. The number of hydrogen-bond acceptors (Lipinski definition) is 3. The minimum absolute atomic E-state index is 0.593. The summed E-state index contributed by atoms with van der Waals surface area (Å²) in [6.45, 7) is 0. The van der Waals surface area contributed by atoms with E-state index in [-0.39, 0.29) is 0 Å². The van der Waals surface area contributed by atoms with Crippen molar-refractivity contribution in [2.45, 2.75) is 0 Å². The number of carbonyl (C=O) groups excluding carboxylic acids is 1. The summed E-state index contributed by atoms with van der Waals surface area (Å²) in [5.41, 5.74) is 4.28. The molecule has 1 N–H and O–H groups in total. The normalized spacial score (nSPS) is 10.2. The van der Waals surface area contributed by atoms with Crippen LogP contribution in [0.15, 0.2) is 65.8 Å². The molecule has 0 bridgehead atoms. The topological polar surface area (TPSA) is 44.7 Å². The Morgan fingerprint density at radius 3 is 2.17 bits per heavy atom. The van der Waals surface area contributed by atoms with Gasteiger partial charge in [-0.05, 0) is 17.7 Å². The molecule has 2 aromatic rings. The Hall–Kier alpha value is -2.62. The molecule has 0 saturated carbocycles. The average molecular weight is 239 g/mol. The number of rotatable bonds is 5. The third-order valence-corrected chi connectivity index (χ3v) is 2.30. The molecule has 0 aromatic heterocycles. The molecule has 0 heterocycles. The standard InChI is InChI=1S/C14H13N3O/c18-12-16-17(14-9-5-2-6-10-14)15-11-13-7-3-1-4-8-13/h1-12H,(H,16,18)/b15-11+. The van der Waals surface area contributed by atoms with Crippen LogP contribution in [0.2, 0.25) is 0 Å². The minimum atomic E-state index is 0.593. The number of carbonyl (C=O) groups is 1. The summed E-state index contributed by atoms with van der Waals surface area (Å²) in [6, 6.07) is 19.1. The summed E-state index contributed by atoms with van der Waals surface area (Å²) < 4.78 is 0. The fourth-order valence-corrected chi connectivity index (χ4v) is 1.46. The summed E-state index contributed by atoms with van der Waals surface area (Å²) in [5.74, 6) is 0. The van der Waals surface area contributed by atoms with Crippen LogP contribution in [-0.4, -0.2) is 12.6 Å². The predicted octanol–water partition coefficient (Wildman–Crippen LogP) is 2.19. The first-order valence-electron chi connectivity index (χ1n) is 5.54. The monoisotopic (exact) mass is 239 g/mol. The van der Waals surface area contributed by atoms with Crippen molar-refractivity contribution in [2.75, 3.05) is 5.12 Å². The molecule has 0 aliphatic rings. The Balaban J connectivity index is 2.17. The highest BCUT2D eigenvalue weighted by molar-refractivity contribution is 5.80. The van der Waals surface area contributed by atoms with E-state index in [9.17, 15) is 4.79 Å². The Morgan fingerprint density at radius 2 is 1.56 bits per heavy atom. The van der Waals surface area contributed by atoms with Gasteiger partial charge in [-0.3, -0.25) is 4.79 Å². The number of nitrogens with one attached hydrogen (secondary N) is 1. The fraction of sp³-hybridized carbons (Fsp3) is 0. The second-order valence-electron chi connectivity index (χ2n) is 3.55. The van der Waals surface area contributed by atoms with Crippen LogP contribution >= 0.6 is 0 Å². The van der Waals surface area contributed by atoms with Gasteiger partial charge in [-0.15, -0.1) is 0 Å². The largest absolute Gasteiger partial charge is 0.277 e. The second kappa shape index (κ2) is 6.20. The van der Waals surface area contributed by atoms with Gasteiger partial charge in [-0.2, -0.15) is 10.2 Å². The van der Waals surface area contributed by atoms with E-state index in [1.54, 1.807) is 6.21 Å². The molecule has 0 saturated heterocycles. The van der Waals surface area contributed by atoms with Gasteiger partial charge in [-0.1, -0.05) is 48.5 Å². The van der Waals surface area contributed by atoms with Gasteiger partial charge >= 0.3 is 0 Å². The van der Waals surface area contributed by atoms with Crippen LogP contribution in [-0.2, 0) is 4.79 Å². The molecule has 0 spiro atoms. The lowest BCUT2D eigenvalue weighted by atomic mass is 10.2. The van der Waals surface area contributed by atoms with E-state index < -0.39 is 0 Å². The summed E-state index contributed by atoms with van der Waals surface area (Å²) in [5, 5.41) is 5.64. The van der Waals surface area contributed by atoms with Gasteiger partial charge in [0.15, 0.2) is 0 Å². The number of hydrogen-bond donors (Lipinski definition) is 1. The zero-order valence-corrected chi connectivity index (χ0v) is 9.73. The number of para-hydroxylation sites is 1. The molecule has 0 unspecified atom stereocenters. The summed E-state index contributed by atoms with van der Waals surface area (Å²) >= 11 is 0. The van der Waals surface area contributed by atoms with E-state index in [1.807, 2.05) is 60.7 Å². The first-order valence-corrected chi connectivity index (χ1v) is 5.54. The second-order valence-corrected chi connectivity index (χ2v) is 3.55. The van der Waals surface area contributed by atoms with E-state index in [0.29, 0.717) is 6.41 Å². The molecule has 0 radical (unpaired) electrons. The van der Waals surface area contributed by atoms with Crippen molar-refractivity contribution in [1.29, 1.82) is 0 Å². The zero-order valence-electron chi connectivity index (χ0n) is 9.73. The maximum Gasteiger partial charge on any atom is 0.227 e. The lowest BCUT2D eigenvalue weighted by Gasteiger charge is -2.16. The minimum Gasteiger partial charge on any atom is -0.277 e. The lowest BCUT2D eigenvalue weighted by Crippen LogP contribution is -2.32. The number of amides is 1. The molecule has 2 aromatic carbocycles. The maximum absolute atomic E-state index is 10.6. The quantitative estimate of drug-likeness (QED) is 0.494. The van der Waals surface area contributed by atoms with Crippen molar-refractivity contribution < 1.29 is 4.79 Å². The van der Waals surface area contributed by atoms with Gasteiger partial charge < -0.3 is 0 Å². The number of anilines is 1. The SMILES string of the molecule is O=CNN(/N=C/c1ccccc1)c1ccccc1. The van der Waals surface area contributed by atoms with Crippen LogP contribution in [0, 0.1) is 0 Å². The molecule has 4 heteroatoms. The average Bonchev–Trinajstić information content (AvgIpc) is 2.45. The summed E-state index contributed by atoms with van der Waals surface area (Å²) in [7, 11) is 0. The number of benzene rings is 2. The summed E-state index contributed by atoms with van der Waals surface area (Å²) in [4.78, 5) is 10.6. The van der Waals surface area contributed by atoms with Gasteiger partial charge in [0.05, 0.1) is 11.9 Å². The van der Waals surface area contributed by atoms with Gasteiger partial charge in [-0.25, -0.2) is 5.43 Å². The van der Waals surface area contributed by atoms with Crippen molar-refractivity contribution in [3.8, 4) is 0 Å². The van der Waals surface area contributed by atoms with Crippen molar-refractivity contribution in [2.24, 2.45) is 5.10 Å². The first kappa shape index (κ1) is 11.9. The number of hydrazone groups is 1. The highest BCUT2D eigenvalue weighted by Crippen LogP contribution is 2.10. The van der Waals surface area contributed by atoms with Crippen LogP contribution < -0.4 is 10.5 Å². The molecule has 1 amide bonds. The Labute approximate surface area is 106 Å². The number of nitrogens with zero attached hydrogens (tertiary/aromatic N) is 2. The van der Waals surface area contributed by atoms with E-state index in [2.05, 4.69) is 10.5 Å². The van der Waals surface area contributed by atoms with Crippen LogP contribution in [0.1, 0.15) is 5.56 Å². The Morgan fingerprint density at radius 1 is 0.944 bits per heavy atom. The molecule has 0 aliphatic heterocycles. The smallest absolute Gasteiger partial charge is 0.227 e. The lowest BCUT2D eigenvalue weighted by molar-refractivity contribution is -0.109. The molecule has 90 valence electrons. The molecular formula is C14H13N3O.